The lowest BCUT2D eigenvalue weighted by molar-refractivity contribution is -0.146. The zero-order valence-corrected chi connectivity index (χ0v) is 45.4. The summed E-state index contributed by atoms with van der Waals surface area (Å²) in [5.41, 5.74) is 0. The fourth-order valence-electron chi connectivity index (χ4n) is 9.98. The summed E-state index contributed by atoms with van der Waals surface area (Å²) in [7, 11) is 2.15. The molecule has 0 N–H and O–H groups in total. The molecule has 0 fully saturated rings. The van der Waals surface area contributed by atoms with Crippen molar-refractivity contribution in [3.63, 3.8) is 0 Å². The topological polar surface area (TPSA) is 65.7 Å². The number of nitrogens with zero attached hydrogens (tertiary/aromatic N) is 3. The van der Waals surface area contributed by atoms with E-state index >= 15 is 0 Å². The predicted molar refractivity (Wildman–Crippen MR) is 285 cm³/mol. The van der Waals surface area contributed by atoms with Gasteiger partial charge in [0, 0.05) is 44.9 Å². The van der Waals surface area contributed by atoms with Gasteiger partial charge in [0.1, 0.15) is 0 Å². The molecule has 1 aromatic rings. The van der Waals surface area contributed by atoms with E-state index in [1.54, 1.807) is 0 Å². The molecule has 0 spiro atoms. The van der Waals surface area contributed by atoms with Crippen LogP contribution in [0.1, 0.15) is 298 Å². The molecular weight excluding hydrogens is 815 g/mol. The van der Waals surface area contributed by atoms with Gasteiger partial charge in [0.2, 0.25) is 0 Å². The Labute approximate surface area is 411 Å². The molecule has 390 valence electrons. The molecule has 0 aliphatic rings. The Morgan fingerprint density at radius 1 is 0.409 bits per heavy atom. The first-order chi connectivity index (χ1) is 32.4. The number of carbonyl (C=O) groups excluding carboxylic acids is 2. The molecule has 0 bridgehead atoms. The summed E-state index contributed by atoms with van der Waals surface area (Å²) in [5, 5.41) is 0. The zero-order valence-electron chi connectivity index (χ0n) is 45.4. The Morgan fingerprint density at radius 3 is 1.17 bits per heavy atom. The monoisotopic (exact) mass is 930 g/mol. The molecule has 7 heteroatoms. The highest BCUT2D eigenvalue weighted by molar-refractivity contribution is 5.69. The van der Waals surface area contributed by atoms with Crippen LogP contribution in [0.3, 0.4) is 0 Å². The highest BCUT2D eigenvalue weighted by atomic mass is 16.5. The molecule has 0 radical (unpaired) electrons. The van der Waals surface area contributed by atoms with Gasteiger partial charge in [0.25, 0.3) is 0 Å². The second-order valence-electron chi connectivity index (χ2n) is 21.0. The van der Waals surface area contributed by atoms with Crippen LogP contribution in [0.25, 0.3) is 0 Å². The Hall–Kier alpha value is -1.76. The molecule has 0 aromatic carbocycles. The Bertz CT molecular complexity index is 1110. The Morgan fingerprint density at radius 2 is 0.758 bits per heavy atom. The highest BCUT2D eigenvalue weighted by Crippen LogP contribution is 2.23. The Kier molecular flexibility index (Phi) is 44.3. The van der Waals surface area contributed by atoms with Crippen molar-refractivity contribution in [2.45, 2.75) is 310 Å². The first kappa shape index (κ1) is 62.3. The number of aromatic nitrogens is 2. The van der Waals surface area contributed by atoms with Gasteiger partial charge in [-0.1, -0.05) is 214 Å². The van der Waals surface area contributed by atoms with E-state index in [0.717, 1.165) is 32.2 Å². The Balaban J connectivity index is 2.59. The molecule has 0 aliphatic carbocycles. The van der Waals surface area contributed by atoms with Crippen LogP contribution in [0.4, 0.5) is 0 Å². The summed E-state index contributed by atoms with van der Waals surface area (Å²) in [6.45, 7) is 16.2. The molecule has 7 nitrogen and oxygen atoms in total. The van der Waals surface area contributed by atoms with Crippen LogP contribution < -0.4 is 0 Å². The summed E-state index contributed by atoms with van der Waals surface area (Å²) < 4.78 is 16.2. The molecule has 1 rings (SSSR count). The minimum absolute atomic E-state index is 0.0249. The fraction of sp³-hybridized carbons (Fsp3) is 0.932. The molecule has 2 atom stereocenters. The van der Waals surface area contributed by atoms with Gasteiger partial charge in [-0.05, 0) is 95.6 Å². The lowest BCUT2D eigenvalue weighted by atomic mass is 9.96. The highest BCUT2D eigenvalue weighted by Gasteiger charge is 2.19. The van der Waals surface area contributed by atoms with E-state index in [0.29, 0.717) is 43.9 Å². The van der Waals surface area contributed by atoms with Crippen molar-refractivity contribution < 1.29 is 19.1 Å². The lowest BCUT2D eigenvalue weighted by Gasteiger charge is -2.32. The smallest absolute Gasteiger partial charge is 0.305 e. The van der Waals surface area contributed by atoms with Crippen LogP contribution >= 0.6 is 0 Å². The maximum Gasteiger partial charge on any atom is 0.305 e. The third-order valence-electron chi connectivity index (χ3n) is 14.7. The number of unbranched alkanes of at least 4 members (excludes halogenated alkanes) is 25. The number of carbonyl (C=O) groups is 2. The third kappa shape index (κ3) is 37.2. The number of rotatable bonds is 52. The van der Waals surface area contributed by atoms with E-state index in [2.05, 4.69) is 68.3 Å². The fourth-order valence-corrected chi connectivity index (χ4v) is 9.98. The number of aryl methyl sites for hydroxylation is 2. The van der Waals surface area contributed by atoms with Crippen LogP contribution in [-0.4, -0.2) is 58.5 Å². The van der Waals surface area contributed by atoms with Crippen molar-refractivity contribution in [2.24, 2.45) is 18.9 Å². The lowest BCUT2D eigenvalue weighted by Crippen LogP contribution is -2.37. The van der Waals surface area contributed by atoms with E-state index < -0.39 is 0 Å². The molecular formula is C59H115N3O4. The molecule has 1 heterocycles. The van der Waals surface area contributed by atoms with E-state index in [4.69, 9.17) is 9.47 Å². The van der Waals surface area contributed by atoms with Gasteiger partial charge in [-0.3, -0.25) is 19.0 Å². The van der Waals surface area contributed by atoms with Gasteiger partial charge >= 0.3 is 11.9 Å². The second-order valence-corrected chi connectivity index (χ2v) is 21.0. The van der Waals surface area contributed by atoms with E-state index in [1.807, 2.05) is 0 Å². The molecule has 0 saturated heterocycles. The van der Waals surface area contributed by atoms with Crippen LogP contribution in [-0.2, 0) is 32.7 Å². The maximum atomic E-state index is 12.6. The average molecular weight is 931 g/mol. The molecule has 2 unspecified atom stereocenters. The third-order valence-corrected chi connectivity index (χ3v) is 14.7. The average Bonchev–Trinajstić information content (AvgIpc) is 3.32. The minimum atomic E-state index is 0.0249. The second kappa shape index (κ2) is 46.9. The summed E-state index contributed by atoms with van der Waals surface area (Å²) >= 11 is 0. The van der Waals surface area contributed by atoms with Gasteiger partial charge in [-0.15, -0.1) is 0 Å². The summed E-state index contributed by atoms with van der Waals surface area (Å²) in [4.78, 5) is 28.2. The summed E-state index contributed by atoms with van der Waals surface area (Å²) in [6.07, 6.45) is 54.8. The number of hydrogen-bond donors (Lipinski definition) is 0. The summed E-state index contributed by atoms with van der Waals surface area (Å²) in [6, 6.07) is 0.682. The maximum absolute atomic E-state index is 12.6. The number of esters is 2. The van der Waals surface area contributed by atoms with Crippen LogP contribution in [0.5, 0.6) is 0 Å². The van der Waals surface area contributed by atoms with Crippen molar-refractivity contribution in [1.29, 1.82) is 0 Å². The minimum Gasteiger partial charge on any atom is -0.465 e. The SMILES string of the molecule is CCCCCCCCCN(CCCCn1ccn1C)C(CCCCCCCCC(=O)OCC(CCCC)CCCCCC)CCCCCCCCC(=O)OCC(CCCC)CCCCCC. The quantitative estimate of drug-likeness (QED) is 0.0481. The molecule has 1 aromatic heterocycles. The molecule has 0 amide bonds. The van der Waals surface area contributed by atoms with Crippen molar-refractivity contribution in [1.82, 2.24) is 14.3 Å². The van der Waals surface area contributed by atoms with Crippen molar-refractivity contribution in [2.75, 3.05) is 26.3 Å². The van der Waals surface area contributed by atoms with Gasteiger partial charge in [0.15, 0.2) is 0 Å². The van der Waals surface area contributed by atoms with E-state index in [-0.39, 0.29) is 11.9 Å². The first-order valence-electron chi connectivity index (χ1n) is 29.6. The predicted octanol–water partition coefficient (Wildman–Crippen LogP) is 17.9. The van der Waals surface area contributed by atoms with Crippen LogP contribution in [0, 0.1) is 11.8 Å². The standard InChI is InChI=1S/C59H115N3O4/c1-7-12-17-20-25-30-37-48-61(49-38-39-50-62-52-51-60(62)6)57(44-33-26-21-23-28-35-46-58(63)65-53-55(40-15-10-4)42-31-18-13-8-2)45-34-27-22-24-29-36-47-59(64)66-54-56(41-16-11-5)43-32-19-14-9-3/h51-52,55-57H,7-50,53-54H2,1-6H3. The molecule has 0 saturated carbocycles. The van der Waals surface area contributed by atoms with Gasteiger partial charge in [0.05, 0.1) is 13.2 Å². The van der Waals surface area contributed by atoms with Crippen molar-refractivity contribution in [3.8, 4) is 0 Å². The van der Waals surface area contributed by atoms with Crippen molar-refractivity contribution >= 4 is 11.9 Å². The normalized spacial score (nSPS) is 13.1. The molecule has 66 heavy (non-hydrogen) atoms. The largest absolute Gasteiger partial charge is 0.465 e. The van der Waals surface area contributed by atoms with E-state index in [1.165, 1.54) is 238 Å². The first-order valence-corrected chi connectivity index (χ1v) is 29.6. The van der Waals surface area contributed by atoms with Crippen LogP contribution in [0.15, 0.2) is 12.4 Å². The number of ether oxygens (including phenoxy) is 2. The van der Waals surface area contributed by atoms with E-state index in [9.17, 15) is 9.59 Å². The van der Waals surface area contributed by atoms with Gasteiger partial charge in [-0.25, -0.2) is 0 Å². The molecule has 0 aliphatic heterocycles. The van der Waals surface area contributed by atoms with Gasteiger partial charge < -0.3 is 14.4 Å². The van der Waals surface area contributed by atoms with Crippen LogP contribution in [0.2, 0.25) is 0 Å². The van der Waals surface area contributed by atoms with Gasteiger partial charge in [-0.2, -0.15) is 0 Å². The van der Waals surface area contributed by atoms with Crippen molar-refractivity contribution in [3.05, 3.63) is 12.4 Å². The number of hydrogen-bond acceptors (Lipinski definition) is 5. The zero-order chi connectivity index (χ0) is 48.0. The summed E-state index contributed by atoms with van der Waals surface area (Å²) in [5.74, 6) is 1.14.